The molecular weight excluding hydrogens is 337 g/mol. The standard InChI is InChI=1S/C15H19N5O.2ClH/c21-15(18-7-5-12-4-6-16-9-12)13-2-1-3-14(8-13)20-11-17-10-19-20;;/h1-3,8,10-12,16H,4-7,9H2,(H,18,21);2*1H. The highest BCUT2D eigenvalue weighted by Gasteiger charge is 2.14. The van der Waals surface area contributed by atoms with Gasteiger partial charge < -0.3 is 10.6 Å². The fourth-order valence-corrected chi connectivity index (χ4v) is 2.58. The van der Waals surface area contributed by atoms with Gasteiger partial charge in [-0.05, 0) is 50.0 Å². The van der Waals surface area contributed by atoms with Gasteiger partial charge in [0.05, 0.1) is 5.69 Å². The van der Waals surface area contributed by atoms with Gasteiger partial charge in [-0.15, -0.1) is 24.8 Å². The van der Waals surface area contributed by atoms with Crippen molar-refractivity contribution in [3.63, 3.8) is 0 Å². The zero-order valence-corrected chi connectivity index (χ0v) is 14.3. The molecule has 2 aromatic rings. The maximum atomic E-state index is 12.2. The summed E-state index contributed by atoms with van der Waals surface area (Å²) in [6.45, 7) is 2.88. The van der Waals surface area contributed by atoms with E-state index in [1.165, 1.54) is 12.7 Å². The van der Waals surface area contributed by atoms with Crippen LogP contribution in [0, 0.1) is 5.92 Å². The Bertz CT molecular complexity index is 600. The smallest absolute Gasteiger partial charge is 0.251 e. The van der Waals surface area contributed by atoms with Gasteiger partial charge in [-0.3, -0.25) is 4.79 Å². The second-order valence-electron chi connectivity index (χ2n) is 5.29. The first-order valence-electron chi connectivity index (χ1n) is 7.27. The molecule has 23 heavy (non-hydrogen) atoms. The Morgan fingerprint density at radius 1 is 1.39 bits per heavy atom. The molecule has 2 N–H and O–H groups in total. The molecule has 1 aliphatic heterocycles. The van der Waals surface area contributed by atoms with Gasteiger partial charge in [-0.25, -0.2) is 9.67 Å². The van der Waals surface area contributed by atoms with Gasteiger partial charge in [0.1, 0.15) is 12.7 Å². The average molecular weight is 358 g/mol. The zero-order chi connectivity index (χ0) is 14.5. The number of carbonyl (C=O) groups excluding carboxylic acids is 1. The van der Waals surface area contributed by atoms with E-state index in [9.17, 15) is 4.79 Å². The molecule has 3 rings (SSSR count). The van der Waals surface area contributed by atoms with Crippen molar-refractivity contribution in [2.24, 2.45) is 5.92 Å². The topological polar surface area (TPSA) is 71.8 Å². The van der Waals surface area contributed by atoms with Crippen molar-refractivity contribution in [3.8, 4) is 5.69 Å². The largest absolute Gasteiger partial charge is 0.352 e. The van der Waals surface area contributed by atoms with Crippen molar-refractivity contribution >= 4 is 30.7 Å². The highest BCUT2D eigenvalue weighted by molar-refractivity contribution is 5.94. The van der Waals surface area contributed by atoms with Crippen molar-refractivity contribution in [1.82, 2.24) is 25.4 Å². The minimum Gasteiger partial charge on any atom is -0.352 e. The number of hydrogen-bond donors (Lipinski definition) is 2. The van der Waals surface area contributed by atoms with E-state index in [1.807, 2.05) is 24.3 Å². The number of halogens is 2. The molecular formula is C15H21Cl2N5O. The quantitative estimate of drug-likeness (QED) is 0.856. The molecule has 1 aromatic heterocycles. The number of amides is 1. The van der Waals surface area contributed by atoms with Crippen LogP contribution in [0.1, 0.15) is 23.2 Å². The Morgan fingerprint density at radius 2 is 2.26 bits per heavy atom. The molecule has 0 spiro atoms. The third-order valence-electron chi connectivity index (χ3n) is 3.79. The van der Waals surface area contributed by atoms with Gasteiger partial charge in [0.25, 0.3) is 5.91 Å². The lowest BCUT2D eigenvalue weighted by Gasteiger charge is -2.10. The predicted octanol–water partition coefficient (Wildman–Crippen LogP) is 1.84. The fourth-order valence-electron chi connectivity index (χ4n) is 2.58. The van der Waals surface area contributed by atoms with E-state index in [-0.39, 0.29) is 30.7 Å². The van der Waals surface area contributed by atoms with Gasteiger partial charge in [0.15, 0.2) is 0 Å². The van der Waals surface area contributed by atoms with Crippen LogP contribution in [0.2, 0.25) is 0 Å². The number of aromatic nitrogens is 3. The Labute approximate surface area is 147 Å². The first kappa shape index (κ1) is 19.4. The number of nitrogens with one attached hydrogen (secondary N) is 2. The molecule has 6 nitrogen and oxygen atoms in total. The second-order valence-corrected chi connectivity index (χ2v) is 5.29. The average Bonchev–Trinajstić information content (AvgIpc) is 3.21. The molecule has 1 atom stereocenters. The monoisotopic (exact) mass is 357 g/mol. The lowest BCUT2D eigenvalue weighted by atomic mass is 10.1. The normalized spacial score (nSPS) is 16.3. The molecule has 0 saturated carbocycles. The Kier molecular flexibility index (Phi) is 8.02. The summed E-state index contributed by atoms with van der Waals surface area (Å²) in [5.74, 6) is 0.648. The number of carbonyl (C=O) groups is 1. The van der Waals surface area contributed by atoms with Crippen LogP contribution in [0.15, 0.2) is 36.9 Å². The van der Waals surface area contributed by atoms with Crippen LogP contribution < -0.4 is 10.6 Å². The Hall–Kier alpha value is -1.63. The minimum absolute atomic E-state index is 0. The summed E-state index contributed by atoms with van der Waals surface area (Å²) in [5.41, 5.74) is 1.48. The molecule has 1 aromatic carbocycles. The molecule has 1 saturated heterocycles. The molecule has 8 heteroatoms. The number of benzene rings is 1. The first-order chi connectivity index (χ1) is 10.3. The molecule has 1 unspecified atom stereocenters. The lowest BCUT2D eigenvalue weighted by molar-refractivity contribution is 0.0951. The molecule has 0 radical (unpaired) electrons. The molecule has 1 aliphatic rings. The van der Waals surface area contributed by atoms with Crippen LogP contribution in [0.25, 0.3) is 5.69 Å². The summed E-state index contributed by atoms with van der Waals surface area (Å²) in [6, 6.07) is 7.39. The number of hydrogen-bond acceptors (Lipinski definition) is 4. The highest BCUT2D eigenvalue weighted by atomic mass is 35.5. The van der Waals surface area contributed by atoms with Crippen molar-refractivity contribution in [3.05, 3.63) is 42.5 Å². The third-order valence-corrected chi connectivity index (χ3v) is 3.79. The molecule has 0 bridgehead atoms. The van der Waals surface area contributed by atoms with Crippen LogP contribution >= 0.6 is 24.8 Å². The molecule has 2 heterocycles. The summed E-state index contributed by atoms with van der Waals surface area (Å²) in [6.07, 6.45) is 5.33. The Balaban J connectivity index is 0.00000132. The molecule has 1 fully saturated rings. The zero-order valence-electron chi connectivity index (χ0n) is 12.6. The van der Waals surface area contributed by atoms with Crippen LogP contribution in [-0.4, -0.2) is 40.3 Å². The van der Waals surface area contributed by atoms with E-state index in [0.29, 0.717) is 11.5 Å². The van der Waals surface area contributed by atoms with Crippen LogP contribution in [0.3, 0.4) is 0 Å². The van der Waals surface area contributed by atoms with Gasteiger partial charge >= 0.3 is 0 Å². The maximum Gasteiger partial charge on any atom is 0.251 e. The SMILES string of the molecule is Cl.Cl.O=C(NCCC1CCNC1)c1cccc(-n2cncn2)c1. The summed E-state index contributed by atoms with van der Waals surface area (Å²) in [7, 11) is 0. The summed E-state index contributed by atoms with van der Waals surface area (Å²) < 4.78 is 1.64. The van der Waals surface area contributed by atoms with E-state index in [0.717, 1.165) is 31.7 Å². The fraction of sp³-hybridized carbons (Fsp3) is 0.400. The van der Waals surface area contributed by atoms with E-state index in [2.05, 4.69) is 20.7 Å². The minimum atomic E-state index is -0.0390. The first-order valence-corrected chi connectivity index (χ1v) is 7.27. The Morgan fingerprint density at radius 3 is 2.96 bits per heavy atom. The number of rotatable bonds is 5. The van der Waals surface area contributed by atoms with E-state index in [1.54, 1.807) is 11.0 Å². The third kappa shape index (κ3) is 5.20. The van der Waals surface area contributed by atoms with Crippen molar-refractivity contribution in [2.75, 3.05) is 19.6 Å². The van der Waals surface area contributed by atoms with E-state index < -0.39 is 0 Å². The molecule has 0 aliphatic carbocycles. The second kappa shape index (κ2) is 9.50. The molecule has 1 amide bonds. The van der Waals surface area contributed by atoms with Crippen molar-refractivity contribution < 1.29 is 4.79 Å². The molecule has 126 valence electrons. The van der Waals surface area contributed by atoms with Gasteiger partial charge in [0, 0.05) is 12.1 Å². The number of nitrogens with zero attached hydrogens (tertiary/aromatic N) is 3. The predicted molar refractivity (Wildman–Crippen MR) is 93.8 cm³/mol. The van der Waals surface area contributed by atoms with Crippen molar-refractivity contribution in [1.29, 1.82) is 0 Å². The lowest BCUT2D eigenvalue weighted by Crippen LogP contribution is -2.26. The van der Waals surface area contributed by atoms with E-state index >= 15 is 0 Å². The highest BCUT2D eigenvalue weighted by Crippen LogP contribution is 2.12. The summed E-state index contributed by atoms with van der Waals surface area (Å²) in [5, 5.41) is 10.4. The maximum absolute atomic E-state index is 12.2. The van der Waals surface area contributed by atoms with Crippen molar-refractivity contribution in [2.45, 2.75) is 12.8 Å². The van der Waals surface area contributed by atoms with Gasteiger partial charge in [0.2, 0.25) is 0 Å². The summed E-state index contributed by atoms with van der Waals surface area (Å²) in [4.78, 5) is 16.1. The van der Waals surface area contributed by atoms with E-state index in [4.69, 9.17) is 0 Å². The van der Waals surface area contributed by atoms with Gasteiger partial charge in [-0.1, -0.05) is 6.07 Å². The van der Waals surface area contributed by atoms with Gasteiger partial charge in [-0.2, -0.15) is 5.10 Å². The van der Waals surface area contributed by atoms with Crippen LogP contribution in [0.5, 0.6) is 0 Å². The van der Waals surface area contributed by atoms with Crippen LogP contribution in [0.4, 0.5) is 0 Å². The summed E-state index contributed by atoms with van der Waals surface area (Å²) >= 11 is 0. The van der Waals surface area contributed by atoms with Crippen LogP contribution in [-0.2, 0) is 0 Å².